The maximum absolute atomic E-state index is 12.8. The monoisotopic (exact) mass is 449 g/mol. The van der Waals surface area contributed by atoms with E-state index in [4.69, 9.17) is 12.2 Å². The molecule has 0 spiro atoms. The van der Waals surface area contributed by atoms with Crippen LogP contribution in [0.15, 0.2) is 54.6 Å². The molecule has 0 radical (unpaired) electrons. The normalized spacial score (nSPS) is 14.0. The van der Waals surface area contributed by atoms with Crippen molar-refractivity contribution >= 4 is 24.0 Å². The van der Waals surface area contributed by atoms with E-state index in [9.17, 15) is 9.59 Å². The summed E-state index contributed by atoms with van der Waals surface area (Å²) < 4.78 is 2.28. The Morgan fingerprint density at radius 2 is 1.97 bits per heavy atom. The molecule has 1 fully saturated rings. The van der Waals surface area contributed by atoms with Crippen molar-refractivity contribution in [1.82, 2.24) is 25.4 Å². The number of aryl methyl sites for hydroxylation is 1. The summed E-state index contributed by atoms with van der Waals surface area (Å²) in [6.45, 7) is 2.38. The summed E-state index contributed by atoms with van der Waals surface area (Å²) in [5.41, 5.74) is 3.05. The molecule has 0 saturated heterocycles. The Hall–Kier alpha value is -3.26. The largest absolute Gasteiger partial charge is 0.352 e. The van der Waals surface area contributed by atoms with Gasteiger partial charge in [-0.3, -0.25) is 19.3 Å². The van der Waals surface area contributed by atoms with Gasteiger partial charge in [-0.2, -0.15) is 5.10 Å². The van der Waals surface area contributed by atoms with E-state index >= 15 is 0 Å². The molecule has 8 heteroatoms. The molecule has 1 aliphatic rings. The number of benzene rings is 2. The summed E-state index contributed by atoms with van der Waals surface area (Å²) in [6, 6.07) is 17.3. The third-order valence-electron chi connectivity index (χ3n) is 5.46. The lowest BCUT2D eigenvalue weighted by Crippen LogP contribution is -2.48. The molecule has 0 aliphatic heterocycles. The fraction of sp³-hybridized carbons (Fsp3) is 0.333. The van der Waals surface area contributed by atoms with E-state index in [1.807, 2.05) is 66.1 Å². The van der Waals surface area contributed by atoms with Gasteiger partial charge in [0.25, 0.3) is 0 Å². The third kappa shape index (κ3) is 5.70. The fourth-order valence-corrected chi connectivity index (χ4v) is 3.82. The lowest BCUT2D eigenvalue weighted by Gasteiger charge is -2.19. The summed E-state index contributed by atoms with van der Waals surface area (Å²) in [7, 11) is 0. The van der Waals surface area contributed by atoms with Gasteiger partial charge in [-0.15, -0.1) is 0 Å². The van der Waals surface area contributed by atoms with Crippen molar-refractivity contribution in [1.29, 1.82) is 0 Å². The Morgan fingerprint density at radius 1 is 1.19 bits per heavy atom. The van der Waals surface area contributed by atoms with Crippen molar-refractivity contribution in [3.63, 3.8) is 0 Å². The minimum atomic E-state index is -0.612. The highest BCUT2D eigenvalue weighted by molar-refractivity contribution is 7.71. The third-order valence-corrected chi connectivity index (χ3v) is 5.77. The average molecular weight is 450 g/mol. The number of carbonyl (C=O) groups excluding carboxylic acids is 2. The maximum atomic E-state index is 12.8. The smallest absolute Gasteiger partial charge is 0.243 e. The predicted molar refractivity (Wildman–Crippen MR) is 125 cm³/mol. The number of carbonyl (C=O) groups is 2. The minimum absolute atomic E-state index is 0.134. The van der Waals surface area contributed by atoms with Crippen LogP contribution in [-0.4, -0.2) is 38.7 Å². The van der Waals surface area contributed by atoms with E-state index in [1.54, 1.807) is 0 Å². The van der Waals surface area contributed by atoms with Gasteiger partial charge < -0.3 is 10.6 Å². The number of nitrogens with one attached hydrogen (secondary N) is 3. The van der Waals surface area contributed by atoms with E-state index < -0.39 is 6.04 Å². The summed E-state index contributed by atoms with van der Waals surface area (Å²) in [5, 5.41) is 13.1. The number of rotatable bonds is 9. The molecule has 2 amide bonds. The molecule has 4 rings (SSSR count). The minimum Gasteiger partial charge on any atom is -0.352 e. The van der Waals surface area contributed by atoms with Crippen LogP contribution in [0.1, 0.15) is 30.4 Å². The Morgan fingerprint density at radius 3 is 2.69 bits per heavy atom. The number of aromatic amines is 1. The number of H-pyrrole nitrogens is 1. The van der Waals surface area contributed by atoms with E-state index in [-0.39, 0.29) is 24.3 Å². The van der Waals surface area contributed by atoms with Gasteiger partial charge in [0.15, 0.2) is 10.6 Å². The Bertz CT molecular complexity index is 1150. The lowest BCUT2D eigenvalue weighted by molar-refractivity contribution is -0.129. The molecule has 166 valence electrons. The van der Waals surface area contributed by atoms with Gasteiger partial charge in [0.1, 0.15) is 6.04 Å². The SMILES string of the molecule is Cc1cccc(-c2n[nH]c(=S)n2CCC(=O)NC(Cc2ccccc2)C(=O)NC2CC2)c1. The van der Waals surface area contributed by atoms with E-state index in [0.29, 0.717) is 23.6 Å². The zero-order valence-corrected chi connectivity index (χ0v) is 18.8. The Kier molecular flexibility index (Phi) is 6.80. The van der Waals surface area contributed by atoms with Gasteiger partial charge >= 0.3 is 0 Å². The Labute approximate surface area is 192 Å². The fourth-order valence-electron chi connectivity index (χ4n) is 3.60. The van der Waals surface area contributed by atoms with E-state index in [2.05, 4.69) is 20.8 Å². The summed E-state index contributed by atoms with van der Waals surface area (Å²) in [5.74, 6) is 0.360. The van der Waals surface area contributed by atoms with Gasteiger partial charge in [0, 0.05) is 31.0 Å². The quantitative estimate of drug-likeness (QED) is 0.437. The molecule has 3 N–H and O–H groups in total. The van der Waals surface area contributed by atoms with Crippen LogP contribution in [0.5, 0.6) is 0 Å². The molecular weight excluding hydrogens is 422 g/mol. The van der Waals surface area contributed by atoms with Gasteiger partial charge in [0.2, 0.25) is 11.8 Å². The molecule has 1 heterocycles. The van der Waals surface area contributed by atoms with E-state index in [1.165, 1.54) is 0 Å². The van der Waals surface area contributed by atoms with Gasteiger partial charge in [-0.1, -0.05) is 54.1 Å². The van der Waals surface area contributed by atoms with Crippen LogP contribution in [0, 0.1) is 11.7 Å². The number of amides is 2. The lowest BCUT2D eigenvalue weighted by atomic mass is 10.0. The highest BCUT2D eigenvalue weighted by Gasteiger charge is 2.28. The molecule has 1 unspecified atom stereocenters. The highest BCUT2D eigenvalue weighted by atomic mass is 32.1. The molecular formula is C24H27N5O2S. The molecule has 2 aromatic carbocycles. The van der Waals surface area contributed by atoms with Crippen LogP contribution in [0.25, 0.3) is 11.4 Å². The first-order valence-corrected chi connectivity index (χ1v) is 11.3. The molecule has 1 aromatic heterocycles. The average Bonchev–Trinajstić information content (AvgIpc) is 3.52. The molecule has 1 saturated carbocycles. The first-order valence-electron chi connectivity index (χ1n) is 10.9. The highest BCUT2D eigenvalue weighted by Crippen LogP contribution is 2.20. The standard InChI is InChI=1S/C24H27N5O2S/c1-16-6-5-9-18(14-16)22-27-28-24(32)29(22)13-12-21(30)26-20(23(31)25-19-10-11-19)15-17-7-3-2-4-8-17/h2-9,14,19-20H,10-13,15H2,1H3,(H,25,31)(H,26,30)(H,28,32). The van der Waals surface area contributed by atoms with Crippen molar-refractivity contribution < 1.29 is 9.59 Å². The molecule has 32 heavy (non-hydrogen) atoms. The first-order chi connectivity index (χ1) is 15.5. The van der Waals surface area contributed by atoms with E-state index in [0.717, 1.165) is 29.5 Å². The summed E-state index contributed by atoms with van der Waals surface area (Å²) in [4.78, 5) is 25.5. The van der Waals surface area contributed by atoms with Crippen LogP contribution >= 0.6 is 12.2 Å². The number of hydrogen-bond acceptors (Lipinski definition) is 4. The molecule has 1 atom stereocenters. The molecule has 3 aromatic rings. The maximum Gasteiger partial charge on any atom is 0.243 e. The summed E-state index contributed by atoms with van der Waals surface area (Å²) >= 11 is 5.38. The van der Waals surface area contributed by atoms with Crippen molar-refractivity contribution in [2.45, 2.75) is 51.2 Å². The van der Waals surface area contributed by atoms with Crippen LogP contribution in [0.3, 0.4) is 0 Å². The second-order valence-corrected chi connectivity index (χ2v) is 8.60. The van der Waals surface area contributed by atoms with Crippen LogP contribution in [-0.2, 0) is 22.6 Å². The molecule has 1 aliphatic carbocycles. The predicted octanol–water partition coefficient (Wildman–Crippen LogP) is 3.31. The van der Waals surface area contributed by atoms with Crippen LogP contribution in [0.2, 0.25) is 0 Å². The van der Waals surface area contributed by atoms with Gasteiger partial charge in [-0.05, 0) is 43.6 Å². The number of nitrogens with zero attached hydrogens (tertiary/aromatic N) is 2. The van der Waals surface area contributed by atoms with Crippen LogP contribution < -0.4 is 10.6 Å². The number of aromatic nitrogens is 3. The van der Waals surface area contributed by atoms with Crippen molar-refractivity contribution in [3.8, 4) is 11.4 Å². The first kappa shape index (κ1) is 22.0. The van der Waals surface area contributed by atoms with Gasteiger partial charge in [-0.25, -0.2) is 0 Å². The second kappa shape index (κ2) is 9.91. The van der Waals surface area contributed by atoms with Crippen molar-refractivity contribution in [2.75, 3.05) is 0 Å². The second-order valence-electron chi connectivity index (χ2n) is 8.22. The number of hydrogen-bond donors (Lipinski definition) is 3. The van der Waals surface area contributed by atoms with Crippen molar-refractivity contribution in [2.24, 2.45) is 0 Å². The molecule has 0 bridgehead atoms. The summed E-state index contributed by atoms with van der Waals surface area (Å²) in [6.07, 6.45) is 2.63. The zero-order chi connectivity index (χ0) is 22.5. The van der Waals surface area contributed by atoms with Crippen molar-refractivity contribution in [3.05, 3.63) is 70.5 Å². The molecule has 7 nitrogen and oxygen atoms in total. The topological polar surface area (TPSA) is 91.8 Å². The van der Waals surface area contributed by atoms with Crippen LogP contribution in [0.4, 0.5) is 0 Å². The Balaban J connectivity index is 1.43. The van der Waals surface area contributed by atoms with Gasteiger partial charge in [0.05, 0.1) is 0 Å². The zero-order valence-electron chi connectivity index (χ0n) is 18.0.